The lowest BCUT2D eigenvalue weighted by atomic mass is 10.1. The van der Waals surface area contributed by atoms with Crippen molar-refractivity contribution in [3.63, 3.8) is 0 Å². The molecule has 3 heterocycles. The molecule has 0 spiro atoms. The molecule has 1 aliphatic heterocycles. The molecule has 0 aliphatic carbocycles. The fourth-order valence-corrected chi connectivity index (χ4v) is 2.90. The summed E-state index contributed by atoms with van der Waals surface area (Å²) in [7, 11) is 1.76. The summed E-state index contributed by atoms with van der Waals surface area (Å²) < 4.78 is 12.6. The van der Waals surface area contributed by atoms with E-state index in [-0.39, 0.29) is 0 Å². The van der Waals surface area contributed by atoms with Gasteiger partial charge in [0.1, 0.15) is 12.1 Å². The third-order valence-electron chi connectivity index (χ3n) is 4.40. The summed E-state index contributed by atoms with van der Waals surface area (Å²) in [5.74, 6) is 3.21. The number of nitrogens with one attached hydrogen (secondary N) is 2. The van der Waals surface area contributed by atoms with Crippen LogP contribution in [0.2, 0.25) is 0 Å². The van der Waals surface area contributed by atoms with Crippen LogP contribution in [0.5, 0.6) is 11.5 Å². The maximum Gasteiger partial charge on any atom is 0.231 e. The molecule has 0 saturated heterocycles. The number of pyridine rings is 1. The number of imidazole rings is 1. The number of guanidine groups is 1. The van der Waals surface area contributed by atoms with E-state index in [9.17, 15) is 0 Å². The minimum absolute atomic E-state index is 0.297. The van der Waals surface area contributed by atoms with Crippen molar-refractivity contribution < 1.29 is 9.47 Å². The van der Waals surface area contributed by atoms with E-state index in [1.807, 2.05) is 41.2 Å². The summed E-state index contributed by atoms with van der Waals surface area (Å²) >= 11 is 0. The van der Waals surface area contributed by atoms with Gasteiger partial charge in [-0.25, -0.2) is 9.97 Å². The average molecular weight is 378 g/mol. The summed E-state index contributed by atoms with van der Waals surface area (Å²) in [6.45, 7) is 1.70. The zero-order valence-corrected chi connectivity index (χ0v) is 15.6. The number of benzene rings is 1. The third-order valence-corrected chi connectivity index (χ3v) is 4.40. The molecule has 144 valence electrons. The topological polar surface area (TPSA) is 85.6 Å². The molecule has 8 nitrogen and oxygen atoms in total. The fraction of sp³-hybridized carbons (Fsp3) is 0.250. The van der Waals surface area contributed by atoms with E-state index in [4.69, 9.17) is 9.47 Å². The standard InChI is InChI=1S/C20H22N6O2/c1-21-20(23-7-6-15-2-4-17-18(10-15)28-14-27-17)25-12-16-3-5-19(24-11-16)26-9-8-22-13-26/h2-5,8-11,13H,6-7,12,14H2,1H3,(H2,21,23,25). The number of aliphatic imine (C=N–C) groups is 1. The van der Waals surface area contributed by atoms with Gasteiger partial charge in [-0.05, 0) is 35.7 Å². The van der Waals surface area contributed by atoms with Crippen molar-refractivity contribution in [1.29, 1.82) is 0 Å². The summed E-state index contributed by atoms with van der Waals surface area (Å²) in [5.41, 5.74) is 2.26. The first-order valence-corrected chi connectivity index (χ1v) is 9.08. The summed E-state index contributed by atoms with van der Waals surface area (Å²) in [4.78, 5) is 12.8. The first kappa shape index (κ1) is 17.8. The normalized spacial score (nSPS) is 12.8. The van der Waals surface area contributed by atoms with Crippen molar-refractivity contribution in [1.82, 2.24) is 25.2 Å². The first-order valence-electron chi connectivity index (χ1n) is 9.08. The predicted octanol–water partition coefficient (Wildman–Crippen LogP) is 1.90. The maximum atomic E-state index is 5.42. The van der Waals surface area contributed by atoms with E-state index in [2.05, 4.69) is 31.7 Å². The minimum atomic E-state index is 0.297. The van der Waals surface area contributed by atoms with Crippen LogP contribution in [-0.4, -0.2) is 40.9 Å². The van der Waals surface area contributed by atoms with Gasteiger partial charge in [0.05, 0.1) is 0 Å². The smallest absolute Gasteiger partial charge is 0.231 e. The van der Waals surface area contributed by atoms with Crippen molar-refractivity contribution in [2.45, 2.75) is 13.0 Å². The molecule has 2 aromatic heterocycles. The molecule has 1 aliphatic rings. The molecule has 0 amide bonds. The third kappa shape index (κ3) is 4.22. The molecule has 1 aromatic carbocycles. The van der Waals surface area contributed by atoms with Crippen LogP contribution in [0, 0.1) is 0 Å². The van der Waals surface area contributed by atoms with Crippen molar-refractivity contribution in [2.75, 3.05) is 20.4 Å². The molecule has 0 bridgehead atoms. The number of ether oxygens (including phenoxy) is 2. The molecule has 0 radical (unpaired) electrons. The fourth-order valence-electron chi connectivity index (χ4n) is 2.90. The van der Waals surface area contributed by atoms with Crippen LogP contribution in [0.3, 0.4) is 0 Å². The van der Waals surface area contributed by atoms with Crippen molar-refractivity contribution in [3.05, 3.63) is 66.4 Å². The average Bonchev–Trinajstić information content (AvgIpc) is 3.42. The zero-order valence-electron chi connectivity index (χ0n) is 15.6. The van der Waals surface area contributed by atoms with Crippen LogP contribution in [0.1, 0.15) is 11.1 Å². The van der Waals surface area contributed by atoms with E-state index >= 15 is 0 Å². The Labute approximate surface area is 163 Å². The molecule has 8 heteroatoms. The summed E-state index contributed by atoms with van der Waals surface area (Å²) in [6.07, 6.45) is 8.04. The van der Waals surface area contributed by atoms with Gasteiger partial charge in [0, 0.05) is 38.7 Å². The molecule has 28 heavy (non-hydrogen) atoms. The quantitative estimate of drug-likeness (QED) is 0.503. The Kier molecular flexibility index (Phi) is 5.37. The number of hydrogen-bond acceptors (Lipinski definition) is 5. The van der Waals surface area contributed by atoms with Gasteiger partial charge in [-0.2, -0.15) is 0 Å². The van der Waals surface area contributed by atoms with Gasteiger partial charge < -0.3 is 20.1 Å². The van der Waals surface area contributed by atoms with E-state index < -0.39 is 0 Å². The van der Waals surface area contributed by atoms with E-state index in [0.717, 1.165) is 41.8 Å². The molecule has 0 fully saturated rings. The molecular weight excluding hydrogens is 356 g/mol. The molecule has 0 unspecified atom stereocenters. The number of aromatic nitrogens is 3. The van der Waals surface area contributed by atoms with Crippen molar-refractivity contribution in [2.24, 2.45) is 4.99 Å². The minimum Gasteiger partial charge on any atom is -0.454 e. The predicted molar refractivity (Wildman–Crippen MR) is 106 cm³/mol. The number of nitrogens with zero attached hydrogens (tertiary/aromatic N) is 4. The first-order chi connectivity index (χ1) is 13.8. The highest BCUT2D eigenvalue weighted by Gasteiger charge is 2.12. The van der Waals surface area contributed by atoms with E-state index in [0.29, 0.717) is 13.3 Å². The highest BCUT2D eigenvalue weighted by atomic mass is 16.7. The lowest BCUT2D eigenvalue weighted by molar-refractivity contribution is 0.174. The molecule has 0 atom stereocenters. The summed E-state index contributed by atoms with van der Waals surface area (Å²) in [5, 5.41) is 6.63. The Bertz CT molecular complexity index is 938. The monoisotopic (exact) mass is 378 g/mol. The lowest BCUT2D eigenvalue weighted by Crippen LogP contribution is -2.37. The largest absolute Gasteiger partial charge is 0.454 e. The van der Waals surface area contributed by atoms with Gasteiger partial charge in [-0.3, -0.25) is 9.56 Å². The Morgan fingerprint density at radius 3 is 2.82 bits per heavy atom. The Balaban J connectivity index is 1.24. The maximum absolute atomic E-state index is 5.42. The lowest BCUT2D eigenvalue weighted by Gasteiger charge is -2.12. The van der Waals surface area contributed by atoms with Crippen LogP contribution in [0.25, 0.3) is 5.82 Å². The van der Waals surface area contributed by atoms with E-state index in [1.54, 1.807) is 19.6 Å². The van der Waals surface area contributed by atoms with Gasteiger partial charge >= 0.3 is 0 Å². The Morgan fingerprint density at radius 2 is 2.04 bits per heavy atom. The highest BCUT2D eigenvalue weighted by molar-refractivity contribution is 5.79. The molecule has 0 saturated carbocycles. The van der Waals surface area contributed by atoms with Crippen LogP contribution in [0.4, 0.5) is 0 Å². The SMILES string of the molecule is CN=C(NCCc1ccc2c(c1)OCO2)NCc1ccc(-n2ccnc2)nc1. The second-order valence-electron chi connectivity index (χ2n) is 6.28. The number of rotatable bonds is 6. The highest BCUT2D eigenvalue weighted by Crippen LogP contribution is 2.32. The van der Waals surface area contributed by atoms with Gasteiger partial charge in [-0.15, -0.1) is 0 Å². The Hall–Kier alpha value is -3.55. The second-order valence-corrected chi connectivity index (χ2v) is 6.28. The molecule has 3 aromatic rings. The zero-order chi connectivity index (χ0) is 19.2. The van der Waals surface area contributed by atoms with Gasteiger partial charge in [0.15, 0.2) is 17.5 Å². The van der Waals surface area contributed by atoms with Gasteiger partial charge in [-0.1, -0.05) is 12.1 Å². The Morgan fingerprint density at radius 1 is 1.14 bits per heavy atom. The molecular formula is C20H22N6O2. The van der Waals surface area contributed by atoms with Crippen molar-refractivity contribution in [3.8, 4) is 17.3 Å². The van der Waals surface area contributed by atoms with Crippen LogP contribution in [-0.2, 0) is 13.0 Å². The van der Waals surface area contributed by atoms with Crippen LogP contribution in [0.15, 0.2) is 60.2 Å². The van der Waals surface area contributed by atoms with Gasteiger partial charge in [0.2, 0.25) is 6.79 Å². The summed E-state index contributed by atoms with van der Waals surface area (Å²) in [6, 6.07) is 10.0. The van der Waals surface area contributed by atoms with Gasteiger partial charge in [0.25, 0.3) is 0 Å². The molecule has 2 N–H and O–H groups in total. The van der Waals surface area contributed by atoms with Crippen molar-refractivity contribution >= 4 is 5.96 Å². The van der Waals surface area contributed by atoms with Crippen LogP contribution >= 0.6 is 0 Å². The number of hydrogen-bond donors (Lipinski definition) is 2. The second kappa shape index (κ2) is 8.43. The number of fused-ring (bicyclic) bond motifs is 1. The van der Waals surface area contributed by atoms with E-state index in [1.165, 1.54) is 5.56 Å². The molecule has 4 rings (SSSR count). The van der Waals surface area contributed by atoms with Crippen LogP contribution < -0.4 is 20.1 Å².